The van der Waals surface area contributed by atoms with Crippen molar-refractivity contribution in [3.63, 3.8) is 0 Å². The molecule has 0 saturated carbocycles. The zero-order chi connectivity index (χ0) is 32.8. The van der Waals surface area contributed by atoms with Gasteiger partial charge in [0.25, 0.3) is 0 Å². The number of benzene rings is 4. The first-order chi connectivity index (χ1) is 22.1. The number of aromatic nitrogens is 2. The molecular weight excluding hydrogens is 564 g/mol. The topological polar surface area (TPSA) is 59.9 Å². The molecule has 0 spiro atoms. The molecule has 0 amide bonds. The number of fused-ring (bicyclic) bond motifs is 2. The van der Waals surface area contributed by atoms with Crippen molar-refractivity contribution in [3.8, 4) is 0 Å². The number of aryl methyl sites for hydroxylation is 6. The summed E-state index contributed by atoms with van der Waals surface area (Å²) in [6, 6.07) is 32.1. The average Bonchev–Trinajstić information content (AvgIpc) is 3.04. The molecule has 46 heavy (non-hydrogen) atoms. The molecule has 0 saturated heterocycles. The Hall–Kier alpha value is -5.48. The van der Waals surface area contributed by atoms with Crippen LogP contribution < -0.4 is 0 Å². The summed E-state index contributed by atoms with van der Waals surface area (Å²) >= 11 is 0. The van der Waals surface area contributed by atoms with Gasteiger partial charge in [-0.1, -0.05) is 108 Å². The maximum absolute atomic E-state index is 12.6. The standard InChI is InChI=1S/2C21H19NO/c2*1-14-8-10-17(11-9-14)12-13-20(23)21-15(2)18-6-4-5-7-19(18)22-16(21)3/h2*4-13H,1-3H3/b2*13-12+. The van der Waals surface area contributed by atoms with Crippen LogP contribution in [0.1, 0.15) is 65.5 Å². The minimum Gasteiger partial charge on any atom is -0.289 e. The SMILES string of the molecule is Cc1ccc(/C=C/C(=O)c2c(C)nc3ccccc3c2C)cc1.Cc1ccc(/C=C/C(=O)c2c(C)nc3ccccc3c2C)cc1. The van der Waals surface area contributed by atoms with Crippen LogP contribution in [0.4, 0.5) is 0 Å². The normalized spacial score (nSPS) is 11.3. The van der Waals surface area contributed by atoms with Gasteiger partial charge in [0.15, 0.2) is 11.6 Å². The van der Waals surface area contributed by atoms with E-state index in [1.807, 2.05) is 151 Å². The molecule has 0 unspecified atom stereocenters. The van der Waals surface area contributed by atoms with Gasteiger partial charge in [-0.3, -0.25) is 19.6 Å². The van der Waals surface area contributed by atoms with E-state index in [-0.39, 0.29) is 11.6 Å². The van der Waals surface area contributed by atoms with E-state index in [9.17, 15) is 9.59 Å². The fourth-order valence-electron chi connectivity index (χ4n) is 5.65. The lowest BCUT2D eigenvalue weighted by Crippen LogP contribution is -2.04. The molecular formula is C42H38N2O2. The number of carbonyl (C=O) groups excluding carboxylic acids is 2. The number of hydrogen-bond acceptors (Lipinski definition) is 4. The molecule has 228 valence electrons. The number of pyridine rings is 2. The lowest BCUT2D eigenvalue weighted by molar-refractivity contribution is 0.103. The molecule has 0 aliphatic heterocycles. The number of carbonyl (C=O) groups is 2. The Labute approximate surface area is 271 Å². The van der Waals surface area contributed by atoms with E-state index < -0.39 is 0 Å². The number of allylic oxidation sites excluding steroid dienone is 2. The van der Waals surface area contributed by atoms with Crippen molar-refractivity contribution in [2.24, 2.45) is 0 Å². The van der Waals surface area contributed by atoms with Crippen molar-refractivity contribution in [3.05, 3.63) is 165 Å². The molecule has 6 rings (SSSR count). The second-order valence-electron chi connectivity index (χ2n) is 11.6. The van der Waals surface area contributed by atoms with Crippen LogP contribution in [-0.2, 0) is 0 Å². The van der Waals surface area contributed by atoms with Gasteiger partial charge in [-0.15, -0.1) is 0 Å². The Morgan fingerprint density at radius 1 is 0.478 bits per heavy atom. The van der Waals surface area contributed by atoms with E-state index in [0.717, 1.165) is 55.4 Å². The van der Waals surface area contributed by atoms with Gasteiger partial charge in [0.05, 0.1) is 11.0 Å². The summed E-state index contributed by atoms with van der Waals surface area (Å²) < 4.78 is 0. The first-order valence-corrected chi connectivity index (χ1v) is 15.4. The fourth-order valence-corrected chi connectivity index (χ4v) is 5.65. The third kappa shape index (κ3) is 7.24. The predicted molar refractivity (Wildman–Crippen MR) is 192 cm³/mol. The minimum atomic E-state index is -0.00109. The molecule has 2 aromatic heterocycles. The van der Waals surface area contributed by atoms with Crippen LogP contribution >= 0.6 is 0 Å². The smallest absolute Gasteiger partial charge is 0.187 e. The fraction of sp³-hybridized carbons (Fsp3) is 0.143. The van der Waals surface area contributed by atoms with E-state index in [1.165, 1.54) is 11.1 Å². The Kier molecular flexibility index (Phi) is 9.78. The maximum atomic E-state index is 12.6. The first kappa shape index (κ1) is 31.9. The van der Waals surface area contributed by atoms with E-state index in [4.69, 9.17) is 0 Å². The summed E-state index contributed by atoms with van der Waals surface area (Å²) in [5.41, 5.74) is 11.3. The van der Waals surface area contributed by atoms with Crippen LogP contribution in [0.3, 0.4) is 0 Å². The van der Waals surface area contributed by atoms with Crippen LogP contribution in [0.5, 0.6) is 0 Å². The number of hydrogen-bond donors (Lipinski definition) is 0. The van der Waals surface area contributed by atoms with Crippen LogP contribution in [0.2, 0.25) is 0 Å². The third-order valence-electron chi connectivity index (χ3n) is 8.17. The van der Waals surface area contributed by atoms with Crippen LogP contribution in [-0.4, -0.2) is 21.5 Å². The number of ketones is 2. The predicted octanol–water partition coefficient (Wildman–Crippen LogP) is 10.1. The molecule has 0 aliphatic rings. The monoisotopic (exact) mass is 602 g/mol. The van der Waals surface area contributed by atoms with E-state index >= 15 is 0 Å². The van der Waals surface area contributed by atoms with E-state index in [2.05, 4.69) is 9.97 Å². The van der Waals surface area contributed by atoms with Gasteiger partial charge in [-0.05, 0) is 88.1 Å². The average molecular weight is 603 g/mol. The van der Waals surface area contributed by atoms with Gasteiger partial charge in [-0.25, -0.2) is 0 Å². The van der Waals surface area contributed by atoms with E-state index in [1.54, 1.807) is 12.2 Å². The van der Waals surface area contributed by atoms with Gasteiger partial charge >= 0.3 is 0 Å². The molecule has 0 bridgehead atoms. The van der Waals surface area contributed by atoms with E-state index in [0.29, 0.717) is 11.1 Å². The molecule has 0 atom stereocenters. The number of nitrogens with zero attached hydrogens (tertiary/aromatic N) is 2. The Morgan fingerprint density at radius 2 is 0.826 bits per heavy atom. The van der Waals surface area contributed by atoms with Gasteiger partial charge in [0.2, 0.25) is 0 Å². The van der Waals surface area contributed by atoms with Gasteiger partial charge in [0, 0.05) is 33.3 Å². The molecule has 0 aliphatic carbocycles. The number of para-hydroxylation sites is 2. The quantitative estimate of drug-likeness (QED) is 0.141. The Bertz CT molecular complexity index is 1960. The minimum absolute atomic E-state index is 0.00109. The second kappa shape index (κ2) is 14.1. The molecule has 2 heterocycles. The first-order valence-electron chi connectivity index (χ1n) is 15.4. The molecule has 6 aromatic rings. The summed E-state index contributed by atoms with van der Waals surface area (Å²) in [4.78, 5) is 34.4. The summed E-state index contributed by atoms with van der Waals surface area (Å²) in [6.45, 7) is 11.9. The highest BCUT2D eigenvalue weighted by molar-refractivity contribution is 6.11. The van der Waals surface area contributed by atoms with Crippen molar-refractivity contribution in [1.29, 1.82) is 0 Å². The lowest BCUT2D eigenvalue weighted by atomic mass is 9.98. The van der Waals surface area contributed by atoms with Gasteiger partial charge in [0.1, 0.15) is 0 Å². The maximum Gasteiger partial charge on any atom is 0.187 e. The highest BCUT2D eigenvalue weighted by Gasteiger charge is 2.15. The zero-order valence-corrected chi connectivity index (χ0v) is 27.3. The highest BCUT2D eigenvalue weighted by Crippen LogP contribution is 2.25. The molecule has 0 fully saturated rings. The van der Waals surface area contributed by atoms with Crippen LogP contribution in [0.15, 0.2) is 109 Å². The van der Waals surface area contributed by atoms with Gasteiger partial charge in [-0.2, -0.15) is 0 Å². The molecule has 0 N–H and O–H groups in total. The largest absolute Gasteiger partial charge is 0.289 e. The Morgan fingerprint density at radius 3 is 1.20 bits per heavy atom. The van der Waals surface area contributed by atoms with Crippen LogP contribution in [0.25, 0.3) is 34.0 Å². The van der Waals surface area contributed by atoms with Crippen molar-refractivity contribution < 1.29 is 9.59 Å². The molecule has 4 nitrogen and oxygen atoms in total. The summed E-state index contributed by atoms with van der Waals surface area (Å²) in [5.74, 6) is -0.00217. The van der Waals surface area contributed by atoms with Crippen LogP contribution in [0, 0.1) is 41.5 Å². The molecule has 4 aromatic carbocycles. The third-order valence-corrected chi connectivity index (χ3v) is 8.17. The molecule has 4 heteroatoms. The lowest BCUT2D eigenvalue weighted by Gasteiger charge is -2.09. The van der Waals surface area contributed by atoms with Crippen molar-refractivity contribution in [2.45, 2.75) is 41.5 Å². The van der Waals surface area contributed by atoms with Crippen molar-refractivity contribution in [2.75, 3.05) is 0 Å². The second-order valence-corrected chi connectivity index (χ2v) is 11.6. The Balaban J connectivity index is 0.000000181. The summed E-state index contributed by atoms with van der Waals surface area (Å²) in [7, 11) is 0. The van der Waals surface area contributed by atoms with Crippen molar-refractivity contribution >= 4 is 45.5 Å². The number of rotatable bonds is 6. The zero-order valence-electron chi connectivity index (χ0n) is 27.3. The van der Waals surface area contributed by atoms with Gasteiger partial charge < -0.3 is 0 Å². The van der Waals surface area contributed by atoms with Crippen molar-refractivity contribution in [1.82, 2.24) is 9.97 Å². The highest BCUT2D eigenvalue weighted by atomic mass is 16.1. The molecule has 0 radical (unpaired) electrons. The summed E-state index contributed by atoms with van der Waals surface area (Å²) in [5, 5.41) is 2.07. The summed E-state index contributed by atoms with van der Waals surface area (Å²) in [6.07, 6.45) is 6.98.